The maximum Gasteiger partial charge on any atom is 0.303 e. The predicted molar refractivity (Wildman–Crippen MR) is 166 cm³/mol. The minimum absolute atomic E-state index is 0.0567. The van der Waals surface area contributed by atoms with E-state index in [1.54, 1.807) is 24.3 Å². The van der Waals surface area contributed by atoms with Gasteiger partial charge in [0.25, 0.3) is 11.8 Å². The van der Waals surface area contributed by atoms with Gasteiger partial charge in [0.2, 0.25) is 17.6 Å². The second kappa shape index (κ2) is 11.5. The van der Waals surface area contributed by atoms with Crippen molar-refractivity contribution in [3.63, 3.8) is 0 Å². The van der Waals surface area contributed by atoms with Crippen LogP contribution in [-0.4, -0.2) is 61.0 Å². The van der Waals surface area contributed by atoms with Gasteiger partial charge in [0.15, 0.2) is 33.0 Å². The number of anilines is 1. The van der Waals surface area contributed by atoms with Crippen LogP contribution >= 0.6 is 23.2 Å². The number of phenolic OH excluding ortho intramolecular Hbond substituents is 1. The summed E-state index contributed by atoms with van der Waals surface area (Å²) >= 11 is 14.2. The highest BCUT2D eigenvalue weighted by Crippen LogP contribution is 2.67. The Hall–Kier alpha value is -4.56. The molecule has 7 rings (SSSR count). The standard InChI is InChI=1S/C34H23Cl2F5N2O7/c35-33-12-18-15(9-10-16-20(18)30(48)42(29(16)47)11-3-6-19(44)45)21(17-8-7-13-4-1-2-5-14(13)28(17)46)34(33,36)32(50)43(31(33)49)27-25(40)23(38)22(37)24(39)26(27)41/h1-2,4-5,7-9,16,18,20-21,46H,3,6,10-12H2,(H,44,45)/t16-,18+,20-,21+,33+,34-/m0/s1. The number of likely N-dealkylation sites (tertiary alicyclic amines) is 1. The van der Waals surface area contributed by atoms with Crippen LogP contribution in [-0.2, 0) is 24.0 Å². The topological polar surface area (TPSA) is 132 Å². The van der Waals surface area contributed by atoms with Gasteiger partial charge in [0.1, 0.15) is 11.4 Å². The fourth-order valence-electron chi connectivity index (χ4n) is 8.09. The molecule has 0 aromatic heterocycles. The Bertz CT molecular complexity index is 2100. The number of hydrogen-bond acceptors (Lipinski definition) is 6. The van der Waals surface area contributed by atoms with Crippen molar-refractivity contribution in [1.82, 2.24) is 4.90 Å². The highest BCUT2D eigenvalue weighted by atomic mass is 35.5. The molecule has 0 radical (unpaired) electrons. The van der Waals surface area contributed by atoms with Crippen molar-refractivity contribution < 1.29 is 56.1 Å². The number of benzene rings is 3. The first-order chi connectivity index (χ1) is 23.6. The molecule has 50 heavy (non-hydrogen) atoms. The number of aliphatic carboxylic acids is 1. The number of carboxylic acids is 1. The van der Waals surface area contributed by atoms with Gasteiger partial charge in [-0.05, 0) is 30.6 Å². The number of carboxylic acid groups (broad SMARTS) is 1. The summed E-state index contributed by atoms with van der Waals surface area (Å²) in [6, 6.07) is 9.39. The maximum atomic E-state index is 15.2. The minimum Gasteiger partial charge on any atom is -0.507 e. The summed E-state index contributed by atoms with van der Waals surface area (Å²) in [4.78, 5) is 62.2. The van der Waals surface area contributed by atoms with Gasteiger partial charge in [-0.25, -0.2) is 26.9 Å². The molecule has 2 N–H and O–H groups in total. The van der Waals surface area contributed by atoms with Crippen molar-refractivity contribution in [2.24, 2.45) is 17.8 Å². The van der Waals surface area contributed by atoms with Gasteiger partial charge in [0, 0.05) is 29.8 Å². The van der Waals surface area contributed by atoms with E-state index < -0.39 is 110 Å². The molecule has 3 fully saturated rings. The first-order valence-corrected chi connectivity index (χ1v) is 16.1. The van der Waals surface area contributed by atoms with Gasteiger partial charge in [-0.3, -0.25) is 28.9 Å². The third kappa shape index (κ3) is 4.33. The number of imide groups is 2. The number of carbonyl (C=O) groups is 5. The molecule has 0 unspecified atom stereocenters. The van der Waals surface area contributed by atoms with Crippen molar-refractivity contribution in [2.75, 3.05) is 11.4 Å². The van der Waals surface area contributed by atoms with Gasteiger partial charge < -0.3 is 10.2 Å². The van der Waals surface area contributed by atoms with Crippen molar-refractivity contribution in [3.05, 3.63) is 82.7 Å². The molecule has 0 spiro atoms. The van der Waals surface area contributed by atoms with Crippen LogP contribution in [0.4, 0.5) is 27.6 Å². The summed E-state index contributed by atoms with van der Waals surface area (Å²) in [5.41, 5.74) is -1.83. The number of carbonyl (C=O) groups excluding carboxylic acids is 4. The fraction of sp³-hybridized carbons (Fsp3) is 0.324. The summed E-state index contributed by atoms with van der Waals surface area (Å²) in [6.45, 7) is -0.231. The summed E-state index contributed by atoms with van der Waals surface area (Å²) in [6.07, 6.45) is 0.323. The monoisotopic (exact) mass is 736 g/mol. The van der Waals surface area contributed by atoms with Crippen LogP contribution in [0, 0.1) is 46.8 Å². The van der Waals surface area contributed by atoms with E-state index in [-0.39, 0.29) is 47.2 Å². The second-order valence-corrected chi connectivity index (χ2v) is 14.0. The summed E-state index contributed by atoms with van der Waals surface area (Å²) in [7, 11) is 0. The third-order valence-electron chi connectivity index (χ3n) is 10.3. The van der Waals surface area contributed by atoms with Crippen molar-refractivity contribution in [1.29, 1.82) is 0 Å². The van der Waals surface area contributed by atoms with Crippen LogP contribution in [0.25, 0.3) is 10.8 Å². The predicted octanol–water partition coefficient (Wildman–Crippen LogP) is 5.67. The van der Waals surface area contributed by atoms with Gasteiger partial charge in [-0.1, -0.05) is 48.0 Å². The molecule has 2 saturated heterocycles. The lowest BCUT2D eigenvalue weighted by atomic mass is 9.56. The average Bonchev–Trinajstić information content (AvgIpc) is 3.41. The Morgan fingerprint density at radius 1 is 0.860 bits per heavy atom. The van der Waals surface area contributed by atoms with Gasteiger partial charge in [0.05, 0.1) is 11.8 Å². The SMILES string of the molecule is O=C(O)CCCN1C(=O)[C@H]2[C@H](CC=C3[C@H]2C[C@@]2(Cl)C(=O)N(c4c(F)c(F)c(F)c(F)c4F)C(=O)[C@@]2(Cl)[C@H]3c2ccc3ccccc3c2O)C1=O. The van der Waals surface area contributed by atoms with Crippen molar-refractivity contribution in [2.45, 2.75) is 41.3 Å². The van der Waals surface area contributed by atoms with Gasteiger partial charge >= 0.3 is 5.97 Å². The molecular weight excluding hydrogens is 714 g/mol. The van der Waals surface area contributed by atoms with Crippen molar-refractivity contribution >= 4 is 69.3 Å². The lowest BCUT2D eigenvalue weighted by Crippen LogP contribution is -2.60. The van der Waals surface area contributed by atoms with Crippen molar-refractivity contribution in [3.8, 4) is 5.75 Å². The number of alkyl halides is 2. The smallest absolute Gasteiger partial charge is 0.303 e. The van der Waals surface area contributed by atoms with Crippen LogP contribution in [0.5, 0.6) is 5.75 Å². The number of allylic oxidation sites excluding steroid dienone is 2. The first-order valence-electron chi connectivity index (χ1n) is 15.3. The fourth-order valence-corrected chi connectivity index (χ4v) is 9.02. The molecular formula is C34H23Cl2F5N2O7. The normalized spacial score (nSPS) is 29.0. The van der Waals surface area contributed by atoms with E-state index in [0.29, 0.717) is 5.39 Å². The third-order valence-corrected chi connectivity index (χ3v) is 11.7. The lowest BCUT2D eigenvalue weighted by Gasteiger charge is -2.50. The zero-order valence-corrected chi connectivity index (χ0v) is 26.9. The minimum atomic E-state index is -2.78. The lowest BCUT2D eigenvalue weighted by molar-refractivity contribution is -0.142. The number of fused-ring (bicyclic) bond motifs is 5. The molecule has 2 heterocycles. The number of rotatable bonds is 6. The molecule has 1 saturated carbocycles. The van der Waals surface area contributed by atoms with Crippen LogP contribution in [0.15, 0.2) is 48.0 Å². The molecule has 2 aliphatic carbocycles. The summed E-state index contributed by atoms with van der Waals surface area (Å²) in [5, 5.41) is 21.5. The number of hydrogen-bond donors (Lipinski definition) is 2. The molecule has 4 amide bonds. The molecule has 16 heteroatoms. The Morgan fingerprint density at radius 2 is 1.50 bits per heavy atom. The van der Waals surface area contributed by atoms with E-state index in [9.17, 15) is 42.3 Å². The molecule has 4 aliphatic rings. The Labute approximate surface area is 288 Å². The quantitative estimate of drug-likeness (QED) is 0.0833. The molecule has 260 valence electrons. The summed E-state index contributed by atoms with van der Waals surface area (Å²) < 4.78 is 73.3. The van der Waals surface area contributed by atoms with E-state index in [4.69, 9.17) is 28.3 Å². The van der Waals surface area contributed by atoms with Gasteiger partial charge in [-0.2, -0.15) is 0 Å². The molecule has 6 atom stereocenters. The van der Waals surface area contributed by atoms with E-state index >= 15 is 8.78 Å². The molecule has 2 aliphatic heterocycles. The summed E-state index contributed by atoms with van der Waals surface area (Å²) in [5.74, 6) is -23.7. The Balaban J connectivity index is 1.44. The van der Waals surface area contributed by atoms with Crippen LogP contribution in [0.1, 0.15) is 37.2 Å². The number of phenols is 1. The average molecular weight is 737 g/mol. The maximum absolute atomic E-state index is 15.2. The van der Waals surface area contributed by atoms with E-state index in [1.807, 2.05) is 0 Å². The molecule has 9 nitrogen and oxygen atoms in total. The second-order valence-electron chi connectivity index (χ2n) is 12.7. The van der Waals surface area contributed by atoms with Crippen LogP contribution in [0.3, 0.4) is 0 Å². The number of aromatic hydroxyl groups is 1. The molecule has 3 aromatic rings. The highest BCUT2D eigenvalue weighted by Gasteiger charge is 2.77. The number of halogens is 7. The van der Waals surface area contributed by atoms with Gasteiger partial charge in [-0.15, -0.1) is 23.2 Å². The van der Waals surface area contributed by atoms with Crippen LogP contribution in [0.2, 0.25) is 0 Å². The zero-order chi connectivity index (χ0) is 36.2. The number of nitrogens with zero attached hydrogens (tertiary/aromatic N) is 2. The Morgan fingerprint density at radius 3 is 2.16 bits per heavy atom. The first kappa shape index (κ1) is 33.9. The molecule has 3 aromatic carbocycles. The van der Waals surface area contributed by atoms with E-state index in [0.717, 1.165) is 4.90 Å². The molecule has 0 bridgehead atoms. The zero-order valence-electron chi connectivity index (χ0n) is 25.4. The van der Waals surface area contributed by atoms with E-state index in [2.05, 4.69) is 0 Å². The largest absolute Gasteiger partial charge is 0.507 e. The van der Waals surface area contributed by atoms with E-state index in [1.165, 1.54) is 18.2 Å². The highest BCUT2D eigenvalue weighted by molar-refractivity contribution is 6.58. The van der Waals surface area contributed by atoms with Crippen LogP contribution < -0.4 is 4.90 Å². The Kier molecular flexibility index (Phi) is 7.79. The number of amides is 4.